The fourth-order valence-corrected chi connectivity index (χ4v) is 4.64. The highest BCUT2D eigenvalue weighted by atomic mass is 16.5. The Morgan fingerprint density at radius 2 is 1.88 bits per heavy atom. The number of likely N-dealkylation sites (tertiary alicyclic amines) is 1. The van der Waals surface area contributed by atoms with Crippen LogP contribution in [-0.2, 0) is 10.2 Å². The number of carbonyl (C=O) groups is 1. The van der Waals surface area contributed by atoms with Crippen LogP contribution in [0.3, 0.4) is 0 Å². The van der Waals surface area contributed by atoms with E-state index >= 15 is 0 Å². The molecule has 3 aliphatic rings. The van der Waals surface area contributed by atoms with Gasteiger partial charge in [-0.2, -0.15) is 0 Å². The lowest BCUT2D eigenvalue weighted by Gasteiger charge is -2.40. The molecule has 1 N–H and O–H groups in total. The summed E-state index contributed by atoms with van der Waals surface area (Å²) in [5, 5.41) is 3.61. The van der Waals surface area contributed by atoms with Gasteiger partial charge in [-0.15, -0.1) is 0 Å². The Balaban J connectivity index is 1.43. The highest BCUT2D eigenvalue weighted by Gasteiger charge is 2.47. The molecule has 142 valence electrons. The Labute approximate surface area is 157 Å². The first-order valence-electron chi connectivity index (χ1n) is 10.2. The standard InChI is InChI=1S/C22H32N2O2/c1-21(2,3)17-4-5-19-18(14-17)20(25)22(23-19)8-10-24(11-9-22)15-16-6-12-26-13-7-16/h4-5,14,16,23H,6-13,15H2,1-3H3. The van der Waals surface area contributed by atoms with Gasteiger partial charge in [0.25, 0.3) is 0 Å². The lowest BCUT2D eigenvalue weighted by molar-refractivity contribution is 0.0454. The number of ketones is 1. The zero-order valence-corrected chi connectivity index (χ0v) is 16.4. The summed E-state index contributed by atoms with van der Waals surface area (Å²) in [7, 11) is 0. The lowest BCUT2D eigenvalue weighted by Crippen LogP contribution is -2.52. The molecule has 1 aromatic rings. The molecule has 0 aliphatic carbocycles. The van der Waals surface area contributed by atoms with E-state index in [1.54, 1.807) is 0 Å². The molecule has 0 radical (unpaired) electrons. The monoisotopic (exact) mass is 356 g/mol. The predicted octanol–water partition coefficient (Wildman–Crippen LogP) is 3.85. The van der Waals surface area contributed by atoms with Crippen molar-refractivity contribution in [2.24, 2.45) is 5.92 Å². The van der Waals surface area contributed by atoms with Gasteiger partial charge < -0.3 is 15.0 Å². The number of rotatable bonds is 2. The van der Waals surface area contributed by atoms with Crippen molar-refractivity contribution in [3.8, 4) is 0 Å². The zero-order chi connectivity index (χ0) is 18.4. The molecule has 2 fully saturated rings. The van der Waals surface area contributed by atoms with Crippen LogP contribution >= 0.6 is 0 Å². The Morgan fingerprint density at radius 3 is 2.54 bits per heavy atom. The molecule has 0 saturated carbocycles. The largest absolute Gasteiger partial charge is 0.381 e. The Morgan fingerprint density at radius 1 is 1.19 bits per heavy atom. The van der Waals surface area contributed by atoms with Crippen LogP contribution < -0.4 is 5.32 Å². The molecular formula is C22H32N2O2. The maximum atomic E-state index is 13.3. The Kier molecular flexibility index (Phi) is 4.60. The summed E-state index contributed by atoms with van der Waals surface area (Å²) >= 11 is 0. The van der Waals surface area contributed by atoms with Gasteiger partial charge in [-0.25, -0.2) is 0 Å². The number of fused-ring (bicyclic) bond motifs is 1. The number of nitrogens with zero attached hydrogens (tertiary/aromatic N) is 1. The minimum absolute atomic E-state index is 0.0676. The van der Waals surface area contributed by atoms with Crippen LogP contribution in [0, 0.1) is 5.92 Å². The van der Waals surface area contributed by atoms with Crippen LogP contribution in [0.2, 0.25) is 0 Å². The van der Waals surface area contributed by atoms with Crippen LogP contribution in [0.25, 0.3) is 0 Å². The van der Waals surface area contributed by atoms with Crippen molar-refractivity contribution in [1.29, 1.82) is 0 Å². The van der Waals surface area contributed by atoms with Gasteiger partial charge in [-0.1, -0.05) is 26.8 Å². The van der Waals surface area contributed by atoms with Crippen molar-refractivity contribution < 1.29 is 9.53 Å². The van der Waals surface area contributed by atoms with Crippen LogP contribution in [0.5, 0.6) is 0 Å². The topological polar surface area (TPSA) is 41.6 Å². The molecule has 2 saturated heterocycles. The van der Waals surface area contributed by atoms with E-state index in [2.05, 4.69) is 49.2 Å². The SMILES string of the molecule is CC(C)(C)c1ccc2c(c1)C(=O)C1(CCN(CC3CCOCC3)CC1)N2. The summed E-state index contributed by atoms with van der Waals surface area (Å²) < 4.78 is 5.48. The molecule has 0 unspecified atom stereocenters. The van der Waals surface area contributed by atoms with E-state index in [9.17, 15) is 4.79 Å². The third kappa shape index (κ3) is 3.29. The van der Waals surface area contributed by atoms with Gasteiger partial charge in [-0.3, -0.25) is 4.79 Å². The van der Waals surface area contributed by atoms with Crippen molar-refractivity contribution in [3.63, 3.8) is 0 Å². The number of carbonyl (C=O) groups excluding carboxylic acids is 1. The second-order valence-electron chi connectivity index (χ2n) is 9.40. The van der Waals surface area contributed by atoms with Gasteiger partial charge in [-0.05, 0) is 54.7 Å². The van der Waals surface area contributed by atoms with E-state index in [0.717, 1.165) is 62.9 Å². The van der Waals surface area contributed by atoms with E-state index in [0.29, 0.717) is 5.78 Å². The highest BCUT2D eigenvalue weighted by Crippen LogP contribution is 2.40. The molecule has 3 aliphatic heterocycles. The number of benzene rings is 1. The number of hydrogen-bond donors (Lipinski definition) is 1. The first-order chi connectivity index (χ1) is 12.4. The summed E-state index contributed by atoms with van der Waals surface area (Å²) in [4.78, 5) is 15.8. The van der Waals surface area contributed by atoms with Crippen molar-refractivity contribution in [2.45, 2.75) is 57.4 Å². The minimum Gasteiger partial charge on any atom is -0.381 e. The van der Waals surface area contributed by atoms with Gasteiger partial charge in [0.1, 0.15) is 5.54 Å². The number of Topliss-reactive ketones (excluding diaryl/α,β-unsaturated/α-hetero) is 1. The predicted molar refractivity (Wildman–Crippen MR) is 105 cm³/mol. The lowest BCUT2D eigenvalue weighted by atomic mass is 9.81. The molecule has 4 nitrogen and oxygen atoms in total. The van der Waals surface area contributed by atoms with Crippen LogP contribution in [0.1, 0.15) is 62.4 Å². The Bertz CT molecular complexity index is 678. The van der Waals surface area contributed by atoms with Crippen molar-refractivity contribution >= 4 is 11.5 Å². The quantitative estimate of drug-likeness (QED) is 0.874. The Hall–Kier alpha value is -1.39. The van der Waals surface area contributed by atoms with E-state index in [-0.39, 0.29) is 11.0 Å². The van der Waals surface area contributed by atoms with Crippen LogP contribution in [-0.4, -0.2) is 49.1 Å². The van der Waals surface area contributed by atoms with Gasteiger partial charge in [0.05, 0.1) is 0 Å². The van der Waals surface area contributed by atoms with Crippen LogP contribution in [0.15, 0.2) is 18.2 Å². The number of ether oxygens (including phenoxy) is 1. The van der Waals surface area contributed by atoms with E-state index < -0.39 is 0 Å². The van der Waals surface area contributed by atoms with Crippen LogP contribution in [0.4, 0.5) is 5.69 Å². The van der Waals surface area contributed by atoms with Crippen molar-refractivity contribution in [1.82, 2.24) is 4.90 Å². The molecule has 0 amide bonds. The molecule has 1 aromatic carbocycles. The van der Waals surface area contributed by atoms with Crippen molar-refractivity contribution in [3.05, 3.63) is 29.3 Å². The summed E-state index contributed by atoms with van der Waals surface area (Å²) in [6.07, 6.45) is 4.18. The smallest absolute Gasteiger partial charge is 0.190 e. The van der Waals surface area contributed by atoms with Gasteiger partial charge in [0, 0.05) is 44.1 Å². The molecule has 0 bridgehead atoms. The molecular weight excluding hydrogens is 324 g/mol. The molecule has 26 heavy (non-hydrogen) atoms. The highest BCUT2D eigenvalue weighted by molar-refractivity contribution is 6.13. The maximum Gasteiger partial charge on any atom is 0.190 e. The molecule has 3 heterocycles. The second-order valence-corrected chi connectivity index (χ2v) is 9.40. The van der Waals surface area contributed by atoms with E-state index in [1.165, 1.54) is 18.4 Å². The van der Waals surface area contributed by atoms with Crippen molar-refractivity contribution in [2.75, 3.05) is 38.2 Å². The molecule has 0 atom stereocenters. The van der Waals surface area contributed by atoms with E-state index in [1.807, 2.05) is 0 Å². The normalized spacial score (nSPS) is 23.9. The first kappa shape index (κ1) is 18.0. The molecule has 4 heteroatoms. The first-order valence-corrected chi connectivity index (χ1v) is 10.2. The third-order valence-electron chi connectivity index (χ3n) is 6.51. The van der Waals surface area contributed by atoms with Gasteiger partial charge in [0.15, 0.2) is 5.78 Å². The minimum atomic E-state index is -0.370. The summed E-state index contributed by atoms with van der Waals surface area (Å²) in [6.45, 7) is 11.6. The second kappa shape index (κ2) is 6.65. The average Bonchev–Trinajstić information content (AvgIpc) is 2.89. The summed E-state index contributed by atoms with van der Waals surface area (Å²) in [6, 6.07) is 6.39. The third-order valence-corrected chi connectivity index (χ3v) is 6.51. The molecule has 0 aromatic heterocycles. The van der Waals surface area contributed by atoms with Gasteiger partial charge in [0.2, 0.25) is 0 Å². The maximum absolute atomic E-state index is 13.3. The molecule has 4 rings (SSSR count). The number of piperidine rings is 1. The zero-order valence-electron chi connectivity index (χ0n) is 16.4. The van der Waals surface area contributed by atoms with E-state index in [4.69, 9.17) is 4.74 Å². The fourth-order valence-electron chi connectivity index (χ4n) is 4.64. The fraction of sp³-hybridized carbons (Fsp3) is 0.682. The summed E-state index contributed by atoms with van der Waals surface area (Å²) in [5.74, 6) is 1.07. The molecule has 1 spiro atoms. The number of anilines is 1. The average molecular weight is 357 g/mol. The summed E-state index contributed by atoms with van der Waals surface area (Å²) in [5.41, 5.74) is 2.86. The number of hydrogen-bond acceptors (Lipinski definition) is 4. The van der Waals surface area contributed by atoms with Gasteiger partial charge >= 0.3 is 0 Å². The number of nitrogens with one attached hydrogen (secondary N) is 1.